The molecule has 2 N–H and O–H groups in total. The Labute approximate surface area is 116 Å². The number of aromatic hydroxyl groups is 1. The summed E-state index contributed by atoms with van der Waals surface area (Å²) < 4.78 is 5.00. The van der Waals surface area contributed by atoms with E-state index in [1.54, 1.807) is 24.4 Å². The van der Waals surface area contributed by atoms with Gasteiger partial charge in [-0.2, -0.15) is 0 Å². The summed E-state index contributed by atoms with van der Waals surface area (Å²) in [5.74, 6) is 0.244. The number of hydrogen-bond donors (Lipinski definition) is 2. The number of fused-ring (bicyclic) bond motifs is 1. The lowest BCUT2D eigenvalue weighted by Crippen LogP contribution is -2.00. The number of nitrogens with zero attached hydrogens (tertiary/aromatic N) is 1. The lowest BCUT2D eigenvalue weighted by atomic mass is 10.0. The molecule has 1 aromatic heterocycles. The molecule has 0 saturated carbocycles. The summed E-state index contributed by atoms with van der Waals surface area (Å²) in [6, 6.07) is 14.8. The van der Waals surface area contributed by atoms with E-state index >= 15 is 0 Å². The van der Waals surface area contributed by atoms with Crippen molar-refractivity contribution in [1.82, 2.24) is 4.98 Å². The Hall–Kier alpha value is -2.53. The van der Waals surface area contributed by atoms with Crippen LogP contribution in [0.15, 0.2) is 54.7 Å². The lowest BCUT2D eigenvalue weighted by molar-refractivity contribution is 0.410. The van der Waals surface area contributed by atoms with Crippen molar-refractivity contribution >= 4 is 18.6 Å². The number of phenols is 1. The van der Waals surface area contributed by atoms with Crippen LogP contribution >= 0.6 is 0 Å². The van der Waals surface area contributed by atoms with Gasteiger partial charge in [0.25, 0.3) is 0 Å². The van der Waals surface area contributed by atoms with Crippen molar-refractivity contribution in [1.29, 1.82) is 0 Å². The van der Waals surface area contributed by atoms with Crippen LogP contribution in [0.3, 0.4) is 0 Å². The first-order valence-corrected chi connectivity index (χ1v) is 6.20. The molecule has 0 amide bonds. The highest BCUT2D eigenvalue weighted by Gasteiger charge is 2.09. The van der Waals surface area contributed by atoms with Crippen molar-refractivity contribution in [3.8, 4) is 22.6 Å². The largest absolute Gasteiger partial charge is 0.536 e. The van der Waals surface area contributed by atoms with Gasteiger partial charge in [0.1, 0.15) is 5.75 Å². The Morgan fingerprint density at radius 1 is 1.05 bits per heavy atom. The number of hydrogen-bond acceptors (Lipinski definition) is 4. The van der Waals surface area contributed by atoms with Gasteiger partial charge in [-0.1, -0.05) is 30.3 Å². The maximum absolute atomic E-state index is 9.67. The van der Waals surface area contributed by atoms with Gasteiger partial charge in [-0.3, -0.25) is 4.98 Å². The second-order valence-corrected chi connectivity index (χ2v) is 4.34. The van der Waals surface area contributed by atoms with Crippen LogP contribution in [-0.2, 0) is 0 Å². The predicted molar refractivity (Wildman–Crippen MR) is 78.8 cm³/mol. The first-order chi connectivity index (χ1) is 9.79. The molecular weight excluding hydrogens is 253 g/mol. The topological polar surface area (TPSA) is 62.6 Å². The third-order valence-electron chi connectivity index (χ3n) is 3.12. The van der Waals surface area contributed by atoms with Gasteiger partial charge in [0.05, 0.1) is 5.52 Å². The fourth-order valence-electron chi connectivity index (χ4n) is 2.20. The molecule has 0 atom stereocenters. The summed E-state index contributed by atoms with van der Waals surface area (Å²) in [5.41, 5.74) is 2.71. The van der Waals surface area contributed by atoms with Crippen LogP contribution in [0.1, 0.15) is 0 Å². The van der Waals surface area contributed by atoms with Crippen molar-refractivity contribution in [2.45, 2.75) is 0 Å². The molecular formula is C15H12BNO3. The van der Waals surface area contributed by atoms with E-state index in [9.17, 15) is 5.11 Å². The summed E-state index contributed by atoms with van der Waals surface area (Å²) in [4.78, 5) is 4.40. The van der Waals surface area contributed by atoms with Crippen molar-refractivity contribution < 1.29 is 14.8 Å². The van der Waals surface area contributed by atoms with Gasteiger partial charge >= 0.3 is 7.69 Å². The van der Waals surface area contributed by atoms with Crippen LogP contribution in [0.5, 0.6) is 11.5 Å². The van der Waals surface area contributed by atoms with Gasteiger partial charge in [0, 0.05) is 17.1 Å². The molecule has 1 heterocycles. The molecule has 3 rings (SSSR count). The molecule has 0 aliphatic rings. The minimum absolute atomic E-state index is 0.00371. The molecule has 0 aliphatic heterocycles. The Bertz CT molecular complexity index is 756. The highest BCUT2D eigenvalue weighted by Crippen LogP contribution is 2.34. The van der Waals surface area contributed by atoms with Gasteiger partial charge in [0.2, 0.25) is 0 Å². The monoisotopic (exact) mass is 265 g/mol. The molecule has 0 radical (unpaired) electrons. The average molecular weight is 265 g/mol. The number of para-hydroxylation sites is 1. The van der Waals surface area contributed by atoms with Crippen LogP contribution in [0.2, 0.25) is 0 Å². The zero-order chi connectivity index (χ0) is 13.9. The van der Waals surface area contributed by atoms with Gasteiger partial charge in [0.15, 0.2) is 5.75 Å². The first kappa shape index (κ1) is 12.5. The van der Waals surface area contributed by atoms with Crippen molar-refractivity contribution in [2.75, 3.05) is 0 Å². The molecule has 2 aromatic carbocycles. The summed E-state index contributed by atoms with van der Waals surface area (Å²) in [6.45, 7) is 0. The second kappa shape index (κ2) is 5.23. The highest BCUT2D eigenvalue weighted by atomic mass is 16.5. The minimum atomic E-state index is -0.481. The predicted octanol–water partition coefficient (Wildman–Crippen LogP) is 2.25. The molecule has 4 nitrogen and oxygen atoms in total. The van der Waals surface area contributed by atoms with E-state index in [1.165, 1.54) is 0 Å². The molecule has 0 bridgehead atoms. The highest BCUT2D eigenvalue weighted by molar-refractivity contribution is 6.17. The molecule has 0 spiro atoms. The summed E-state index contributed by atoms with van der Waals surface area (Å²) in [5, 5.41) is 19.6. The smallest absolute Gasteiger partial charge is 0.504 e. The fourth-order valence-corrected chi connectivity index (χ4v) is 2.20. The van der Waals surface area contributed by atoms with Crippen LogP contribution in [0.4, 0.5) is 0 Å². The van der Waals surface area contributed by atoms with Crippen molar-refractivity contribution in [3.05, 3.63) is 54.7 Å². The number of aromatic nitrogens is 1. The van der Waals surface area contributed by atoms with Gasteiger partial charge in [-0.25, -0.2) is 0 Å². The number of rotatable bonds is 3. The first-order valence-electron chi connectivity index (χ1n) is 6.20. The maximum Gasteiger partial charge on any atom is 0.504 e. The molecule has 0 saturated heterocycles. The van der Waals surface area contributed by atoms with E-state index in [2.05, 4.69) is 4.98 Å². The molecule has 5 heteroatoms. The van der Waals surface area contributed by atoms with E-state index in [-0.39, 0.29) is 11.5 Å². The molecule has 3 aromatic rings. The van der Waals surface area contributed by atoms with E-state index in [4.69, 9.17) is 9.68 Å². The average Bonchev–Trinajstić information content (AvgIpc) is 2.49. The maximum atomic E-state index is 9.67. The zero-order valence-corrected chi connectivity index (χ0v) is 10.7. The fraction of sp³-hybridized carbons (Fsp3) is 0. The van der Waals surface area contributed by atoms with Crippen LogP contribution in [0, 0.1) is 0 Å². The third kappa shape index (κ3) is 2.19. The van der Waals surface area contributed by atoms with Gasteiger partial charge < -0.3 is 14.8 Å². The lowest BCUT2D eigenvalue weighted by Gasteiger charge is -2.09. The normalized spacial score (nSPS) is 10.4. The van der Waals surface area contributed by atoms with Crippen molar-refractivity contribution in [2.24, 2.45) is 0 Å². The Balaban J connectivity index is 2.18. The number of benzene rings is 2. The third-order valence-corrected chi connectivity index (χ3v) is 3.12. The van der Waals surface area contributed by atoms with Gasteiger partial charge in [-0.05, 0) is 23.8 Å². The molecule has 98 valence electrons. The van der Waals surface area contributed by atoms with Crippen LogP contribution < -0.4 is 4.65 Å². The summed E-state index contributed by atoms with van der Waals surface area (Å²) >= 11 is 0. The van der Waals surface area contributed by atoms with E-state index in [1.807, 2.05) is 30.3 Å². The Morgan fingerprint density at radius 2 is 1.90 bits per heavy atom. The second-order valence-electron chi connectivity index (χ2n) is 4.34. The SMILES string of the molecule is OBOc1cc(-c2cccc3cccnc23)ccc1O. The molecule has 0 aliphatic carbocycles. The quantitative estimate of drug-likeness (QED) is 0.713. The van der Waals surface area contributed by atoms with Crippen LogP contribution in [0.25, 0.3) is 22.0 Å². The Kier molecular flexibility index (Phi) is 3.27. The van der Waals surface area contributed by atoms with E-state index in [0.29, 0.717) is 0 Å². The number of pyridine rings is 1. The Morgan fingerprint density at radius 3 is 2.75 bits per heavy atom. The zero-order valence-electron chi connectivity index (χ0n) is 10.7. The summed E-state index contributed by atoms with van der Waals surface area (Å²) in [6.07, 6.45) is 1.75. The molecule has 0 fully saturated rings. The van der Waals surface area contributed by atoms with Crippen LogP contribution in [-0.4, -0.2) is 22.8 Å². The minimum Gasteiger partial charge on any atom is -0.536 e. The van der Waals surface area contributed by atoms with Gasteiger partial charge in [-0.15, -0.1) is 0 Å². The number of phenolic OH excluding ortho intramolecular Hbond substituents is 1. The van der Waals surface area contributed by atoms with E-state index in [0.717, 1.165) is 22.0 Å². The molecule has 20 heavy (non-hydrogen) atoms. The van der Waals surface area contributed by atoms with E-state index < -0.39 is 7.69 Å². The summed E-state index contributed by atoms with van der Waals surface area (Å²) in [7, 11) is -0.481. The standard InChI is InChI=1S/C15H12BNO3/c18-13-7-6-11(9-14(13)20-16-19)12-5-1-3-10-4-2-8-17-15(10)12/h1-9,16,18-19H. The molecule has 0 unspecified atom stereocenters. The van der Waals surface area contributed by atoms with Crippen molar-refractivity contribution in [3.63, 3.8) is 0 Å².